The highest BCUT2D eigenvalue weighted by Gasteiger charge is 2.17. The highest BCUT2D eigenvalue weighted by molar-refractivity contribution is 6.45. The Labute approximate surface area is 155 Å². The van der Waals surface area contributed by atoms with E-state index in [1.807, 2.05) is 29.1 Å². The van der Waals surface area contributed by atoms with E-state index in [2.05, 4.69) is 0 Å². The molecule has 0 atom stereocenters. The predicted molar refractivity (Wildman–Crippen MR) is 104 cm³/mol. The summed E-state index contributed by atoms with van der Waals surface area (Å²) in [7, 11) is 2.74. The number of benzene rings is 1. The monoisotopic (exact) mass is 360 g/mol. The number of hydrogen-bond donors (Lipinski definition) is 2. The number of ether oxygens (including phenoxy) is 2. The van der Waals surface area contributed by atoms with Crippen molar-refractivity contribution in [3.05, 3.63) is 41.7 Å². The number of hydrogen-bond acceptors (Lipinski definition) is 7. The van der Waals surface area contributed by atoms with Crippen molar-refractivity contribution in [2.75, 3.05) is 20.8 Å². The third-order valence-corrected chi connectivity index (χ3v) is 3.86. The van der Waals surface area contributed by atoms with E-state index >= 15 is 0 Å². The first-order valence-corrected chi connectivity index (χ1v) is 8.46. The molecule has 0 fully saturated rings. The van der Waals surface area contributed by atoms with Gasteiger partial charge in [0.2, 0.25) is 0 Å². The molecule has 0 spiro atoms. The van der Waals surface area contributed by atoms with E-state index in [1.54, 1.807) is 6.82 Å². The van der Waals surface area contributed by atoms with Gasteiger partial charge in [-0.3, -0.25) is 5.41 Å². The summed E-state index contributed by atoms with van der Waals surface area (Å²) >= 11 is 0. The Hall–Kier alpha value is -2.25. The molecule has 2 N–H and O–H groups in total. The molecule has 1 aromatic rings. The molecule has 0 saturated carbocycles. The Kier molecular flexibility index (Phi) is 10.2. The largest absolute Gasteiger partial charge is 0.557 e. The van der Waals surface area contributed by atoms with Gasteiger partial charge in [-0.2, -0.15) is 0 Å². The maximum Gasteiger partial charge on any atom is 0.376 e. The standard InChI is InChI=1S/C17H26B2N2O5/c1-19(23)21(10-4-9-18-26-13-20)11-14-5-7-15(8-6-14)16(12-24-2)17(22)25-3/h5-8,12-13,18,20,23H,4,9-11H2,1-3H3/b16-12+,20-13?. The van der Waals surface area contributed by atoms with Crippen LogP contribution in [0.25, 0.3) is 5.57 Å². The molecule has 0 heterocycles. The quantitative estimate of drug-likeness (QED) is 0.112. The van der Waals surface area contributed by atoms with Crippen molar-refractivity contribution in [3.63, 3.8) is 0 Å². The summed E-state index contributed by atoms with van der Waals surface area (Å²) < 4.78 is 14.6. The molecule has 1 rings (SSSR count). The molecule has 1 aromatic carbocycles. The molecule has 0 aliphatic carbocycles. The Bertz CT molecular complexity index is 593. The average molecular weight is 360 g/mol. The van der Waals surface area contributed by atoms with Crippen LogP contribution in [0.15, 0.2) is 30.5 Å². The molecular weight excluding hydrogens is 334 g/mol. The average Bonchev–Trinajstić information content (AvgIpc) is 2.65. The van der Waals surface area contributed by atoms with Crippen LogP contribution in [0.1, 0.15) is 17.5 Å². The van der Waals surface area contributed by atoms with Gasteiger partial charge in [0.25, 0.3) is 0 Å². The molecule has 0 aliphatic heterocycles. The van der Waals surface area contributed by atoms with Gasteiger partial charge in [-0.25, -0.2) is 4.79 Å². The fourth-order valence-corrected chi connectivity index (χ4v) is 2.44. The highest BCUT2D eigenvalue weighted by atomic mass is 16.5. The van der Waals surface area contributed by atoms with Crippen molar-refractivity contribution >= 4 is 32.5 Å². The lowest BCUT2D eigenvalue weighted by Crippen LogP contribution is -2.37. The van der Waals surface area contributed by atoms with E-state index in [4.69, 9.17) is 19.5 Å². The predicted octanol–water partition coefficient (Wildman–Crippen LogP) is 1.54. The Morgan fingerprint density at radius 3 is 2.58 bits per heavy atom. The van der Waals surface area contributed by atoms with E-state index in [1.165, 1.54) is 20.5 Å². The third-order valence-electron chi connectivity index (χ3n) is 3.86. The second kappa shape index (κ2) is 12.2. The second-order valence-electron chi connectivity index (χ2n) is 5.75. The minimum atomic E-state index is -0.572. The van der Waals surface area contributed by atoms with Crippen molar-refractivity contribution < 1.29 is 23.9 Å². The SMILES string of the molecule is CO/C=C(/C(=O)OC)c1ccc(CN(CCCBOC=N)B(C)O)cc1. The fraction of sp³-hybridized carbons (Fsp3) is 0.412. The molecule has 0 saturated heterocycles. The lowest BCUT2D eigenvalue weighted by Gasteiger charge is -2.23. The van der Waals surface area contributed by atoms with E-state index in [9.17, 15) is 9.82 Å². The number of esters is 1. The van der Waals surface area contributed by atoms with Crippen LogP contribution < -0.4 is 0 Å². The number of carbonyl (C=O) groups is 1. The molecular formula is C17H26B2N2O5. The van der Waals surface area contributed by atoms with E-state index in [0.29, 0.717) is 25.2 Å². The molecule has 0 aromatic heterocycles. The van der Waals surface area contributed by atoms with Crippen molar-refractivity contribution in [1.82, 2.24) is 4.81 Å². The molecule has 0 amide bonds. The summed E-state index contributed by atoms with van der Waals surface area (Å²) in [5, 5.41) is 16.8. The minimum Gasteiger partial charge on any atom is -0.557 e. The smallest absolute Gasteiger partial charge is 0.376 e. The van der Waals surface area contributed by atoms with Crippen LogP contribution in [0.2, 0.25) is 13.1 Å². The van der Waals surface area contributed by atoms with Gasteiger partial charge >= 0.3 is 20.5 Å². The number of rotatable bonds is 12. The lowest BCUT2D eigenvalue weighted by atomic mass is 9.83. The molecule has 9 heteroatoms. The Morgan fingerprint density at radius 2 is 2.04 bits per heavy atom. The number of methoxy groups -OCH3 is 2. The molecule has 26 heavy (non-hydrogen) atoms. The Morgan fingerprint density at radius 1 is 1.35 bits per heavy atom. The zero-order valence-electron chi connectivity index (χ0n) is 15.6. The maximum atomic E-state index is 11.8. The summed E-state index contributed by atoms with van der Waals surface area (Å²) in [6, 6.07) is 7.48. The molecule has 0 bridgehead atoms. The summed E-state index contributed by atoms with van der Waals surface area (Å²) in [5.74, 6) is -0.461. The van der Waals surface area contributed by atoms with Crippen molar-refractivity contribution in [2.45, 2.75) is 26.1 Å². The minimum absolute atomic E-state index is 0.347. The zero-order chi connectivity index (χ0) is 19.4. The van der Waals surface area contributed by atoms with E-state index in [0.717, 1.165) is 31.2 Å². The first-order valence-electron chi connectivity index (χ1n) is 8.46. The molecule has 140 valence electrons. The van der Waals surface area contributed by atoms with Crippen molar-refractivity contribution in [1.29, 1.82) is 5.41 Å². The van der Waals surface area contributed by atoms with E-state index in [-0.39, 0.29) is 0 Å². The van der Waals surface area contributed by atoms with Gasteiger partial charge < -0.3 is 24.0 Å². The van der Waals surface area contributed by atoms with Gasteiger partial charge in [0.05, 0.1) is 20.5 Å². The highest BCUT2D eigenvalue weighted by Crippen LogP contribution is 2.18. The summed E-state index contributed by atoms with van der Waals surface area (Å²) in [5.41, 5.74) is 2.07. The maximum absolute atomic E-state index is 11.8. The molecule has 7 nitrogen and oxygen atoms in total. The Balaban J connectivity index is 2.71. The van der Waals surface area contributed by atoms with E-state index < -0.39 is 13.0 Å². The summed E-state index contributed by atoms with van der Waals surface area (Å²) in [6.07, 6.45) is 3.98. The van der Waals surface area contributed by atoms with Crippen LogP contribution in [0.4, 0.5) is 0 Å². The van der Waals surface area contributed by atoms with Gasteiger partial charge in [0, 0.05) is 6.54 Å². The second-order valence-corrected chi connectivity index (χ2v) is 5.75. The van der Waals surface area contributed by atoms with Crippen LogP contribution in [0.5, 0.6) is 0 Å². The number of nitrogens with one attached hydrogen (secondary N) is 1. The van der Waals surface area contributed by atoms with Crippen LogP contribution in [-0.2, 0) is 25.5 Å². The van der Waals surface area contributed by atoms with Crippen molar-refractivity contribution in [2.24, 2.45) is 0 Å². The molecule has 0 radical (unpaired) electrons. The normalized spacial score (nSPS) is 11.0. The summed E-state index contributed by atoms with van der Waals surface area (Å²) in [4.78, 5) is 13.8. The van der Waals surface area contributed by atoms with Gasteiger partial charge in [0.15, 0.2) is 0 Å². The lowest BCUT2D eigenvalue weighted by molar-refractivity contribution is -0.133. The van der Waals surface area contributed by atoms with Crippen LogP contribution in [0.3, 0.4) is 0 Å². The van der Waals surface area contributed by atoms with Crippen LogP contribution in [0, 0.1) is 5.41 Å². The van der Waals surface area contributed by atoms with Gasteiger partial charge in [-0.15, -0.1) is 0 Å². The number of carbonyl (C=O) groups excluding carboxylic acids is 1. The zero-order valence-corrected chi connectivity index (χ0v) is 15.6. The first kappa shape index (κ1) is 21.8. The topological polar surface area (TPSA) is 92.1 Å². The molecule has 0 unspecified atom stereocenters. The van der Waals surface area contributed by atoms with Gasteiger partial charge in [-0.05, 0) is 37.2 Å². The van der Waals surface area contributed by atoms with Gasteiger partial charge in [-0.1, -0.05) is 24.3 Å². The van der Waals surface area contributed by atoms with Crippen molar-refractivity contribution in [3.8, 4) is 0 Å². The first-order chi connectivity index (χ1) is 12.5. The third kappa shape index (κ3) is 7.33. The van der Waals surface area contributed by atoms with Crippen LogP contribution in [-0.4, -0.2) is 57.5 Å². The summed E-state index contributed by atoms with van der Waals surface area (Å²) in [6.45, 7) is 3.04. The van der Waals surface area contributed by atoms with Crippen LogP contribution >= 0.6 is 0 Å². The fourth-order valence-electron chi connectivity index (χ4n) is 2.44. The molecule has 0 aliphatic rings. The number of nitrogens with zero attached hydrogens (tertiary/aromatic N) is 1. The van der Waals surface area contributed by atoms with Gasteiger partial charge in [0.1, 0.15) is 12.0 Å².